The summed E-state index contributed by atoms with van der Waals surface area (Å²) in [5, 5.41) is 6.72. The van der Waals surface area contributed by atoms with Crippen molar-refractivity contribution in [2.75, 3.05) is 13.1 Å². The van der Waals surface area contributed by atoms with Crippen molar-refractivity contribution in [3.8, 4) is 0 Å². The first kappa shape index (κ1) is 17.2. The van der Waals surface area contributed by atoms with Crippen LogP contribution in [0.2, 0.25) is 0 Å². The van der Waals surface area contributed by atoms with E-state index in [-0.39, 0.29) is 18.2 Å². The van der Waals surface area contributed by atoms with Crippen LogP contribution in [0.15, 0.2) is 40.9 Å². The van der Waals surface area contributed by atoms with E-state index in [1.807, 2.05) is 35.2 Å². The van der Waals surface area contributed by atoms with E-state index in [0.29, 0.717) is 11.5 Å². The number of hydrogen-bond donors (Lipinski definition) is 1. The highest BCUT2D eigenvalue weighted by atomic mass is 16.5. The average molecular weight is 341 g/mol. The Morgan fingerprint density at radius 1 is 1.20 bits per heavy atom. The molecule has 1 aromatic carbocycles. The van der Waals surface area contributed by atoms with Gasteiger partial charge in [0.1, 0.15) is 11.8 Å². The number of piperidine rings is 1. The summed E-state index contributed by atoms with van der Waals surface area (Å²) in [5.41, 5.74) is 1.36. The first-order chi connectivity index (χ1) is 12.1. The van der Waals surface area contributed by atoms with Gasteiger partial charge in [0.25, 0.3) is 0 Å². The number of nitrogens with one attached hydrogen (secondary N) is 1. The number of carbonyl (C=O) groups excluding carboxylic acids is 2. The second kappa shape index (κ2) is 7.96. The van der Waals surface area contributed by atoms with Gasteiger partial charge in [-0.1, -0.05) is 35.5 Å². The fraction of sp³-hybridized carbons (Fsp3) is 0.421. The van der Waals surface area contributed by atoms with Crippen molar-refractivity contribution in [1.29, 1.82) is 0 Å². The number of likely N-dealkylation sites (tertiary alicyclic amines) is 1. The standard InChI is InChI=1S/C19H23N3O3/c1-14-12-16(21-25-14)13-17(23)20-18(15-8-4-2-5-9-15)19(24)22-10-6-3-7-11-22/h2,4-5,8-9,12,18H,3,6-7,10-11,13H2,1H3,(H,20,23)/t18-/m0/s1. The molecule has 1 aliphatic rings. The van der Waals surface area contributed by atoms with E-state index >= 15 is 0 Å². The molecule has 0 saturated carbocycles. The first-order valence-corrected chi connectivity index (χ1v) is 8.69. The number of hydrogen-bond acceptors (Lipinski definition) is 4. The van der Waals surface area contributed by atoms with E-state index in [0.717, 1.165) is 37.9 Å². The molecule has 0 aliphatic carbocycles. The fourth-order valence-electron chi connectivity index (χ4n) is 3.11. The summed E-state index contributed by atoms with van der Waals surface area (Å²) in [5.74, 6) is 0.370. The van der Waals surface area contributed by atoms with Crippen molar-refractivity contribution < 1.29 is 14.1 Å². The highest BCUT2D eigenvalue weighted by Gasteiger charge is 2.28. The molecule has 1 saturated heterocycles. The Morgan fingerprint density at radius 3 is 2.56 bits per heavy atom. The third-order valence-corrected chi connectivity index (χ3v) is 4.37. The third-order valence-electron chi connectivity index (χ3n) is 4.37. The van der Waals surface area contributed by atoms with Gasteiger partial charge in [0.15, 0.2) is 0 Å². The zero-order valence-corrected chi connectivity index (χ0v) is 14.4. The smallest absolute Gasteiger partial charge is 0.249 e. The van der Waals surface area contributed by atoms with Crippen LogP contribution in [0, 0.1) is 6.92 Å². The maximum Gasteiger partial charge on any atom is 0.249 e. The lowest BCUT2D eigenvalue weighted by Gasteiger charge is -2.31. The number of amides is 2. The van der Waals surface area contributed by atoms with Crippen LogP contribution in [0.1, 0.15) is 42.3 Å². The van der Waals surface area contributed by atoms with Gasteiger partial charge in [0.05, 0.1) is 12.1 Å². The summed E-state index contributed by atoms with van der Waals surface area (Å²) in [6.45, 7) is 3.28. The van der Waals surface area contributed by atoms with Crippen LogP contribution in [0.5, 0.6) is 0 Å². The van der Waals surface area contributed by atoms with E-state index < -0.39 is 6.04 Å². The van der Waals surface area contributed by atoms with Gasteiger partial charge in [-0.15, -0.1) is 0 Å². The first-order valence-electron chi connectivity index (χ1n) is 8.69. The highest BCUT2D eigenvalue weighted by Crippen LogP contribution is 2.19. The normalized spacial score (nSPS) is 15.6. The molecular formula is C19H23N3O3. The van der Waals surface area contributed by atoms with Gasteiger partial charge in [0, 0.05) is 19.2 Å². The lowest BCUT2D eigenvalue weighted by molar-refractivity contribution is -0.137. The molecule has 2 aromatic rings. The minimum Gasteiger partial charge on any atom is -0.361 e. The molecule has 2 heterocycles. The number of aromatic nitrogens is 1. The molecule has 3 rings (SSSR count). The van der Waals surface area contributed by atoms with Crippen LogP contribution in [-0.4, -0.2) is 35.0 Å². The summed E-state index contributed by atoms with van der Waals surface area (Å²) in [6, 6.07) is 10.4. The Hall–Kier alpha value is -2.63. The van der Waals surface area contributed by atoms with Crippen molar-refractivity contribution in [2.24, 2.45) is 0 Å². The number of nitrogens with zero attached hydrogens (tertiary/aromatic N) is 2. The van der Waals surface area contributed by atoms with E-state index in [9.17, 15) is 9.59 Å². The maximum atomic E-state index is 13.0. The molecule has 0 unspecified atom stereocenters. The lowest BCUT2D eigenvalue weighted by atomic mass is 10.0. The molecule has 1 aromatic heterocycles. The second-order valence-corrected chi connectivity index (χ2v) is 6.40. The predicted octanol–water partition coefficient (Wildman–Crippen LogP) is 2.40. The number of carbonyl (C=O) groups is 2. The van der Waals surface area contributed by atoms with E-state index in [1.165, 1.54) is 0 Å². The Labute approximate surface area is 147 Å². The van der Waals surface area contributed by atoms with Crippen LogP contribution in [-0.2, 0) is 16.0 Å². The molecule has 1 fully saturated rings. The molecule has 0 bridgehead atoms. The summed E-state index contributed by atoms with van der Waals surface area (Å²) in [4.78, 5) is 27.2. The zero-order valence-electron chi connectivity index (χ0n) is 14.4. The molecule has 6 nitrogen and oxygen atoms in total. The van der Waals surface area contributed by atoms with E-state index in [1.54, 1.807) is 13.0 Å². The SMILES string of the molecule is Cc1cc(CC(=O)N[C@H](C(=O)N2CCCCC2)c2ccccc2)no1. The molecule has 1 atom stereocenters. The van der Waals surface area contributed by atoms with Crippen molar-refractivity contribution >= 4 is 11.8 Å². The Bertz CT molecular complexity index is 721. The Balaban J connectivity index is 1.74. The van der Waals surface area contributed by atoms with Crippen molar-refractivity contribution in [2.45, 2.75) is 38.6 Å². The molecule has 6 heteroatoms. The summed E-state index contributed by atoms with van der Waals surface area (Å²) < 4.78 is 4.99. The van der Waals surface area contributed by atoms with Crippen molar-refractivity contribution in [1.82, 2.24) is 15.4 Å². The predicted molar refractivity (Wildman–Crippen MR) is 92.7 cm³/mol. The minimum atomic E-state index is -0.667. The molecule has 132 valence electrons. The minimum absolute atomic E-state index is 0.0458. The topological polar surface area (TPSA) is 75.4 Å². The summed E-state index contributed by atoms with van der Waals surface area (Å²) >= 11 is 0. The van der Waals surface area contributed by atoms with E-state index in [4.69, 9.17) is 4.52 Å². The fourth-order valence-corrected chi connectivity index (χ4v) is 3.11. The van der Waals surface area contributed by atoms with E-state index in [2.05, 4.69) is 10.5 Å². The maximum absolute atomic E-state index is 13.0. The lowest BCUT2D eigenvalue weighted by Crippen LogP contribution is -2.45. The molecule has 1 aliphatic heterocycles. The molecule has 0 spiro atoms. The summed E-state index contributed by atoms with van der Waals surface area (Å²) in [6.07, 6.45) is 3.27. The molecule has 25 heavy (non-hydrogen) atoms. The van der Waals surface area contributed by atoms with Gasteiger partial charge in [-0.25, -0.2) is 0 Å². The van der Waals surface area contributed by atoms with Gasteiger partial charge in [-0.3, -0.25) is 9.59 Å². The van der Waals surface area contributed by atoms with Crippen LogP contribution in [0.25, 0.3) is 0 Å². The van der Waals surface area contributed by atoms with Gasteiger partial charge >= 0.3 is 0 Å². The van der Waals surface area contributed by atoms with Gasteiger partial charge in [-0.2, -0.15) is 0 Å². The van der Waals surface area contributed by atoms with Gasteiger partial charge in [-0.05, 0) is 31.7 Å². The number of aryl methyl sites for hydroxylation is 1. The highest BCUT2D eigenvalue weighted by molar-refractivity contribution is 5.89. The quantitative estimate of drug-likeness (QED) is 0.906. The summed E-state index contributed by atoms with van der Waals surface area (Å²) in [7, 11) is 0. The van der Waals surface area contributed by atoms with Gasteiger partial charge < -0.3 is 14.7 Å². The average Bonchev–Trinajstić information content (AvgIpc) is 3.05. The molecule has 2 amide bonds. The second-order valence-electron chi connectivity index (χ2n) is 6.40. The zero-order chi connectivity index (χ0) is 17.6. The Kier molecular flexibility index (Phi) is 5.48. The van der Waals surface area contributed by atoms with Crippen molar-refractivity contribution in [3.05, 3.63) is 53.4 Å². The largest absolute Gasteiger partial charge is 0.361 e. The number of rotatable bonds is 5. The number of benzene rings is 1. The van der Waals surface area contributed by atoms with Crippen LogP contribution >= 0.6 is 0 Å². The van der Waals surface area contributed by atoms with Crippen molar-refractivity contribution in [3.63, 3.8) is 0 Å². The Morgan fingerprint density at radius 2 is 1.92 bits per heavy atom. The molecule has 0 radical (unpaired) electrons. The van der Waals surface area contributed by atoms with Crippen LogP contribution in [0.3, 0.4) is 0 Å². The molecular weight excluding hydrogens is 318 g/mol. The van der Waals surface area contributed by atoms with Gasteiger partial charge in [0.2, 0.25) is 11.8 Å². The molecule has 1 N–H and O–H groups in total. The third kappa shape index (κ3) is 4.47. The monoisotopic (exact) mass is 341 g/mol. The van der Waals surface area contributed by atoms with Crippen LogP contribution < -0.4 is 5.32 Å². The van der Waals surface area contributed by atoms with Crippen LogP contribution in [0.4, 0.5) is 0 Å².